The normalized spacial score (nSPS) is 14.5. The number of anilines is 1. The van der Waals surface area contributed by atoms with Crippen molar-refractivity contribution < 1.29 is 13.2 Å². The lowest BCUT2D eigenvalue weighted by atomic mass is 9.90. The van der Waals surface area contributed by atoms with Crippen LogP contribution in [0, 0.1) is 6.92 Å². The number of benzene rings is 2. The molecule has 0 amide bonds. The zero-order valence-electron chi connectivity index (χ0n) is 12.3. The summed E-state index contributed by atoms with van der Waals surface area (Å²) >= 11 is 0. The van der Waals surface area contributed by atoms with Crippen LogP contribution in [0.2, 0.25) is 0 Å². The van der Waals surface area contributed by atoms with Crippen LogP contribution in [-0.2, 0) is 16.4 Å². The van der Waals surface area contributed by atoms with Crippen LogP contribution >= 0.6 is 0 Å². The summed E-state index contributed by atoms with van der Waals surface area (Å²) in [7, 11) is -3.61. The van der Waals surface area contributed by atoms with Crippen LogP contribution in [0.3, 0.4) is 0 Å². The average molecular weight is 315 g/mol. The highest BCUT2D eigenvalue weighted by atomic mass is 32.2. The molecule has 0 saturated heterocycles. The fraction of sp³-hybridized carbons (Fsp3) is 0.235. The molecule has 4 nitrogen and oxygen atoms in total. The van der Waals surface area contributed by atoms with Crippen LogP contribution in [0.15, 0.2) is 47.4 Å². The first-order chi connectivity index (χ1) is 10.5. The fourth-order valence-corrected chi connectivity index (χ4v) is 3.69. The van der Waals surface area contributed by atoms with E-state index < -0.39 is 10.0 Å². The van der Waals surface area contributed by atoms with Crippen molar-refractivity contribution in [2.24, 2.45) is 0 Å². The number of carbonyl (C=O) groups is 1. The van der Waals surface area contributed by atoms with Crippen LogP contribution < -0.4 is 4.72 Å². The molecule has 0 saturated carbocycles. The maximum absolute atomic E-state index is 12.4. The molecule has 2 aromatic carbocycles. The van der Waals surface area contributed by atoms with Gasteiger partial charge in [0.2, 0.25) is 0 Å². The van der Waals surface area contributed by atoms with Gasteiger partial charge >= 0.3 is 0 Å². The van der Waals surface area contributed by atoms with Crippen molar-refractivity contribution in [1.29, 1.82) is 0 Å². The van der Waals surface area contributed by atoms with E-state index in [1.807, 2.05) is 6.92 Å². The van der Waals surface area contributed by atoms with Gasteiger partial charge < -0.3 is 0 Å². The van der Waals surface area contributed by atoms with Gasteiger partial charge in [0.25, 0.3) is 10.0 Å². The molecule has 3 rings (SSSR count). The third-order valence-corrected chi connectivity index (χ3v) is 5.24. The maximum Gasteiger partial charge on any atom is 0.261 e. The van der Waals surface area contributed by atoms with Gasteiger partial charge in [0.1, 0.15) is 0 Å². The molecule has 0 fully saturated rings. The second-order valence-corrected chi connectivity index (χ2v) is 7.25. The minimum absolute atomic E-state index is 0.134. The van der Waals surface area contributed by atoms with Crippen LogP contribution in [0.1, 0.15) is 34.3 Å². The van der Waals surface area contributed by atoms with E-state index in [1.165, 1.54) is 0 Å². The first-order valence-corrected chi connectivity index (χ1v) is 8.70. The summed E-state index contributed by atoms with van der Waals surface area (Å²) in [6, 6.07) is 11.8. The number of carbonyl (C=O) groups excluding carboxylic acids is 1. The molecule has 2 aromatic rings. The van der Waals surface area contributed by atoms with E-state index in [2.05, 4.69) is 4.72 Å². The van der Waals surface area contributed by atoms with E-state index in [9.17, 15) is 13.2 Å². The van der Waals surface area contributed by atoms with Gasteiger partial charge in [0, 0.05) is 17.7 Å². The smallest absolute Gasteiger partial charge is 0.261 e. The second-order valence-electron chi connectivity index (χ2n) is 5.57. The molecule has 1 N–H and O–H groups in total. The van der Waals surface area contributed by atoms with E-state index in [-0.39, 0.29) is 10.7 Å². The molecule has 0 radical (unpaired) electrons. The van der Waals surface area contributed by atoms with Crippen molar-refractivity contribution in [2.45, 2.75) is 31.1 Å². The van der Waals surface area contributed by atoms with Gasteiger partial charge in [-0.1, -0.05) is 17.7 Å². The zero-order valence-corrected chi connectivity index (χ0v) is 13.1. The van der Waals surface area contributed by atoms with Crippen LogP contribution in [0.4, 0.5) is 5.69 Å². The van der Waals surface area contributed by atoms with Gasteiger partial charge in [-0.3, -0.25) is 9.52 Å². The number of aryl methyl sites for hydroxylation is 2. The summed E-state index contributed by atoms with van der Waals surface area (Å²) in [6.45, 7) is 1.91. The molecule has 0 bridgehead atoms. The standard InChI is InChI=1S/C17H17NO3S/c1-12-5-8-15(9-6-12)22(20,21)18-14-7-10-16-13(11-14)3-2-4-17(16)19/h5-11,18H,2-4H2,1H3. The summed E-state index contributed by atoms with van der Waals surface area (Å²) in [6.07, 6.45) is 2.20. The van der Waals surface area contributed by atoms with Crippen molar-refractivity contribution in [2.75, 3.05) is 4.72 Å². The van der Waals surface area contributed by atoms with Crippen molar-refractivity contribution >= 4 is 21.5 Å². The van der Waals surface area contributed by atoms with E-state index in [0.29, 0.717) is 17.7 Å². The highest BCUT2D eigenvalue weighted by molar-refractivity contribution is 7.92. The fourth-order valence-electron chi connectivity index (χ4n) is 2.64. The molecule has 22 heavy (non-hydrogen) atoms. The van der Waals surface area contributed by atoms with Gasteiger partial charge in [0.15, 0.2) is 5.78 Å². The number of hydrogen-bond donors (Lipinski definition) is 1. The van der Waals surface area contributed by atoms with Crippen molar-refractivity contribution in [3.63, 3.8) is 0 Å². The highest BCUT2D eigenvalue weighted by Crippen LogP contribution is 2.25. The van der Waals surface area contributed by atoms with Gasteiger partial charge in [-0.15, -0.1) is 0 Å². The minimum atomic E-state index is -3.61. The number of ketones is 1. The summed E-state index contributed by atoms with van der Waals surface area (Å²) in [5, 5.41) is 0. The molecule has 0 unspecified atom stereocenters. The van der Waals surface area contributed by atoms with E-state index >= 15 is 0 Å². The summed E-state index contributed by atoms with van der Waals surface area (Å²) in [4.78, 5) is 12.0. The third-order valence-electron chi connectivity index (χ3n) is 3.84. The first kappa shape index (κ1) is 14.8. The number of nitrogens with one attached hydrogen (secondary N) is 1. The lowest BCUT2D eigenvalue weighted by molar-refractivity contribution is 0.0972. The number of fused-ring (bicyclic) bond motifs is 1. The van der Waals surface area contributed by atoms with Gasteiger partial charge in [-0.05, 0) is 55.7 Å². The van der Waals surface area contributed by atoms with Gasteiger partial charge in [-0.25, -0.2) is 8.42 Å². The molecular formula is C17H17NO3S. The predicted molar refractivity (Wildman–Crippen MR) is 85.7 cm³/mol. The number of Topliss-reactive ketones (excluding diaryl/α,β-unsaturated/α-hetero) is 1. The SMILES string of the molecule is Cc1ccc(S(=O)(=O)Nc2ccc3c(c2)CCCC3=O)cc1. The van der Waals surface area contributed by atoms with Crippen LogP contribution in [-0.4, -0.2) is 14.2 Å². The Hall–Kier alpha value is -2.14. The van der Waals surface area contributed by atoms with E-state index in [4.69, 9.17) is 0 Å². The topological polar surface area (TPSA) is 63.2 Å². The molecule has 1 aliphatic carbocycles. The molecule has 0 atom stereocenters. The zero-order chi connectivity index (χ0) is 15.7. The number of sulfonamides is 1. The highest BCUT2D eigenvalue weighted by Gasteiger charge is 2.19. The van der Waals surface area contributed by atoms with E-state index in [0.717, 1.165) is 24.0 Å². The van der Waals surface area contributed by atoms with Crippen molar-refractivity contribution in [3.05, 3.63) is 59.2 Å². The average Bonchev–Trinajstić information content (AvgIpc) is 2.47. The molecule has 1 aliphatic rings. The van der Waals surface area contributed by atoms with Crippen molar-refractivity contribution in [3.8, 4) is 0 Å². The Morgan fingerprint density at radius 2 is 1.73 bits per heavy atom. The number of rotatable bonds is 3. The Morgan fingerprint density at radius 3 is 2.45 bits per heavy atom. The summed E-state index contributed by atoms with van der Waals surface area (Å²) in [5.41, 5.74) is 3.13. The Bertz CT molecular complexity index is 823. The Balaban J connectivity index is 1.89. The molecule has 0 aromatic heterocycles. The molecule has 0 aliphatic heterocycles. The Labute approximate surface area is 130 Å². The Kier molecular flexibility index (Phi) is 3.74. The Morgan fingerprint density at radius 1 is 1.00 bits per heavy atom. The summed E-state index contributed by atoms with van der Waals surface area (Å²) in [5.74, 6) is 0.134. The first-order valence-electron chi connectivity index (χ1n) is 7.21. The number of hydrogen-bond acceptors (Lipinski definition) is 3. The monoisotopic (exact) mass is 315 g/mol. The molecule has 5 heteroatoms. The quantitative estimate of drug-likeness (QED) is 0.945. The maximum atomic E-state index is 12.4. The lowest BCUT2D eigenvalue weighted by Gasteiger charge is -2.16. The molecule has 0 heterocycles. The minimum Gasteiger partial charge on any atom is -0.294 e. The molecule has 114 valence electrons. The molecular weight excluding hydrogens is 298 g/mol. The van der Waals surface area contributed by atoms with Gasteiger partial charge in [0.05, 0.1) is 4.90 Å². The lowest BCUT2D eigenvalue weighted by Crippen LogP contribution is -2.15. The predicted octanol–water partition coefficient (Wildman–Crippen LogP) is 3.31. The van der Waals surface area contributed by atoms with Gasteiger partial charge in [-0.2, -0.15) is 0 Å². The van der Waals surface area contributed by atoms with Crippen molar-refractivity contribution in [1.82, 2.24) is 0 Å². The molecule has 0 spiro atoms. The van der Waals surface area contributed by atoms with Crippen LogP contribution in [0.25, 0.3) is 0 Å². The second kappa shape index (κ2) is 5.57. The largest absolute Gasteiger partial charge is 0.294 e. The summed E-state index contributed by atoms with van der Waals surface area (Å²) < 4.78 is 27.3. The third kappa shape index (κ3) is 2.90. The van der Waals surface area contributed by atoms with Crippen LogP contribution in [0.5, 0.6) is 0 Å². The van der Waals surface area contributed by atoms with E-state index in [1.54, 1.807) is 42.5 Å².